The molecule has 2 N–H and O–H groups in total. The predicted octanol–water partition coefficient (Wildman–Crippen LogP) is 3.42. The van der Waals surface area contributed by atoms with Crippen LogP contribution in [0.5, 0.6) is 5.75 Å². The summed E-state index contributed by atoms with van der Waals surface area (Å²) in [6, 6.07) is 7.60. The van der Waals surface area contributed by atoms with Gasteiger partial charge in [-0.3, -0.25) is 14.6 Å². The van der Waals surface area contributed by atoms with Gasteiger partial charge >= 0.3 is 0 Å². The zero-order valence-corrected chi connectivity index (χ0v) is 17.9. The smallest absolute Gasteiger partial charge is 0.257 e. The van der Waals surface area contributed by atoms with Gasteiger partial charge in [0, 0.05) is 43.4 Å². The Hall–Kier alpha value is -3.04. The minimum Gasteiger partial charge on any atom is -0.483 e. The fraction of sp³-hybridized carbons (Fsp3) is 0.238. The molecule has 30 heavy (non-hydrogen) atoms. The molecule has 0 fully saturated rings. The molecular formula is C21H20N4O3S2. The molecule has 3 aromatic heterocycles. The highest BCUT2D eigenvalue weighted by molar-refractivity contribution is 7.21. The van der Waals surface area contributed by atoms with Gasteiger partial charge in [-0.25, -0.2) is 4.98 Å². The lowest BCUT2D eigenvalue weighted by Crippen LogP contribution is -2.33. The minimum atomic E-state index is -0.263. The van der Waals surface area contributed by atoms with Crippen molar-refractivity contribution in [3.63, 3.8) is 0 Å². The number of aryl methyl sites for hydroxylation is 1. The van der Waals surface area contributed by atoms with E-state index in [0.29, 0.717) is 12.3 Å². The molecule has 9 heteroatoms. The van der Waals surface area contributed by atoms with Crippen molar-refractivity contribution in [1.82, 2.24) is 20.6 Å². The minimum absolute atomic E-state index is 0.104. The van der Waals surface area contributed by atoms with Gasteiger partial charge in [0.1, 0.15) is 5.75 Å². The Bertz CT molecular complexity index is 1190. The van der Waals surface area contributed by atoms with Crippen molar-refractivity contribution >= 4 is 54.8 Å². The van der Waals surface area contributed by atoms with Crippen molar-refractivity contribution in [2.45, 2.75) is 19.9 Å². The number of carbonyl (C=O) groups is 2. The van der Waals surface area contributed by atoms with Crippen LogP contribution in [0.15, 0.2) is 42.0 Å². The first-order valence-electron chi connectivity index (χ1n) is 9.42. The normalized spacial score (nSPS) is 11.0. The molecule has 1 aromatic carbocycles. The third-order valence-corrected chi connectivity index (χ3v) is 6.28. The first-order valence-corrected chi connectivity index (χ1v) is 11.1. The van der Waals surface area contributed by atoms with Crippen molar-refractivity contribution in [3.05, 3.63) is 52.6 Å². The zero-order valence-electron chi connectivity index (χ0n) is 16.3. The fourth-order valence-corrected chi connectivity index (χ4v) is 4.84. The lowest BCUT2D eigenvalue weighted by atomic mass is 10.2. The molecular weight excluding hydrogens is 420 g/mol. The van der Waals surface area contributed by atoms with Crippen LogP contribution in [-0.4, -0.2) is 34.9 Å². The van der Waals surface area contributed by atoms with Crippen LogP contribution in [-0.2, 0) is 16.1 Å². The largest absolute Gasteiger partial charge is 0.483 e. The van der Waals surface area contributed by atoms with Crippen LogP contribution in [0, 0.1) is 6.92 Å². The number of carbonyl (C=O) groups excluding carboxylic acids is 2. The number of nitrogens with zero attached hydrogens (tertiary/aromatic N) is 2. The quantitative estimate of drug-likeness (QED) is 0.438. The highest BCUT2D eigenvalue weighted by Gasteiger charge is 2.13. The molecule has 0 atom stereocenters. The number of thiazole rings is 1. The third-order valence-electron chi connectivity index (χ3n) is 4.44. The molecule has 3 heterocycles. The van der Waals surface area contributed by atoms with Gasteiger partial charge in [0.05, 0.1) is 19.9 Å². The summed E-state index contributed by atoms with van der Waals surface area (Å²) >= 11 is 3.22. The predicted molar refractivity (Wildman–Crippen MR) is 119 cm³/mol. The van der Waals surface area contributed by atoms with Gasteiger partial charge in [-0.1, -0.05) is 0 Å². The van der Waals surface area contributed by atoms with Crippen LogP contribution in [0.4, 0.5) is 0 Å². The number of benzene rings is 1. The van der Waals surface area contributed by atoms with E-state index in [1.165, 1.54) is 0 Å². The molecule has 0 radical (unpaired) electrons. The molecule has 0 saturated heterocycles. The average molecular weight is 441 g/mol. The van der Waals surface area contributed by atoms with Gasteiger partial charge in [-0.2, -0.15) is 0 Å². The number of nitrogens with one attached hydrogen (secondary N) is 2. The van der Waals surface area contributed by atoms with E-state index in [-0.39, 0.29) is 31.4 Å². The van der Waals surface area contributed by atoms with Crippen molar-refractivity contribution in [2.24, 2.45) is 0 Å². The van der Waals surface area contributed by atoms with E-state index in [4.69, 9.17) is 4.74 Å². The van der Waals surface area contributed by atoms with Crippen LogP contribution in [0.25, 0.3) is 20.3 Å². The van der Waals surface area contributed by atoms with Crippen LogP contribution in [0.2, 0.25) is 0 Å². The van der Waals surface area contributed by atoms with E-state index < -0.39 is 0 Å². The summed E-state index contributed by atoms with van der Waals surface area (Å²) in [4.78, 5) is 32.6. The molecule has 4 aromatic rings. The first-order chi connectivity index (χ1) is 14.6. The van der Waals surface area contributed by atoms with E-state index in [2.05, 4.69) is 20.6 Å². The second-order valence-electron chi connectivity index (χ2n) is 6.64. The van der Waals surface area contributed by atoms with Crippen molar-refractivity contribution < 1.29 is 14.3 Å². The van der Waals surface area contributed by atoms with Crippen molar-refractivity contribution in [1.29, 1.82) is 0 Å². The first kappa shape index (κ1) is 20.2. The molecule has 2 amide bonds. The van der Waals surface area contributed by atoms with E-state index in [9.17, 15) is 9.59 Å². The standard InChI is InChI=1S/C21H20N4O3S2/c1-13-25-20-17(30-13)10-16(15-5-9-29-21(15)20)28-12-19(27)23-8-4-18(26)24-11-14-2-6-22-7-3-14/h2-3,5-7,9-10H,4,8,11-12H2,1H3,(H,23,27)(H,24,26). The van der Waals surface area contributed by atoms with Gasteiger partial charge in [-0.05, 0) is 36.1 Å². The Kier molecular flexibility index (Phi) is 6.20. The van der Waals surface area contributed by atoms with Crippen LogP contribution >= 0.6 is 22.7 Å². The van der Waals surface area contributed by atoms with Crippen molar-refractivity contribution in [3.8, 4) is 5.75 Å². The fourth-order valence-electron chi connectivity index (χ4n) is 3.01. The summed E-state index contributed by atoms with van der Waals surface area (Å²) in [6.07, 6.45) is 3.57. The summed E-state index contributed by atoms with van der Waals surface area (Å²) < 4.78 is 7.90. The summed E-state index contributed by atoms with van der Waals surface area (Å²) in [5, 5.41) is 9.49. The molecule has 0 unspecified atom stereocenters. The average Bonchev–Trinajstić information content (AvgIpc) is 3.37. The van der Waals surface area contributed by atoms with Gasteiger partial charge in [0.25, 0.3) is 5.91 Å². The third kappa shape index (κ3) is 4.74. The lowest BCUT2D eigenvalue weighted by Gasteiger charge is -2.09. The molecule has 0 aliphatic rings. The van der Waals surface area contributed by atoms with E-state index >= 15 is 0 Å². The topological polar surface area (TPSA) is 93.2 Å². The second kappa shape index (κ2) is 9.19. The monoisotopic (exact) mass is 440 g/mol. The summed E-state index contributed by atoms with van der Waals surface area (Å²) in [7, 11) is 0. The maximum Gasteiger partial charge on any atom is 0.257 e. The molecule has 0 saturated carbocycles. The molecule has 4 rings (SSSR count). The Morgan fingerprint density at radius 1 is 1.13 bits per heavy atom. The molecule has 0 bridgehead atoms. The number of pyridine rings is 1. The van der Waals surface area contributed by atoms with E-state index in [1.807, 2.05) is 36.6 Å². The molecule has 154 valence electrons. The Morgan fingerprint density at radius 2 is 1.97 bits per heavy atom. The number of hydrogen-bond acceptors (Lipinski definition) is 7. The van der Waals surface area contributed by atoms with Crippen LogP contribution < -0.4 is 15.4 Å². The van der Waals surface area contributed by atoms with E-state index in [0.717, 1.165) is 30.9 Å². The van der Waals surface area contributed by atoms with Gasteiger partial charge in [-0.15, -0.1) is 22.7 Å². The second-order valence-corrected chi connectivity index (χ2v) is 8.79. The summed E-state index contributed by atoms with van der Waals surface area (Å²) in [6.45, 7) is 2.57. The maximum atomic E-state index is 12.1. The number of hydrogen-bond donors (Lipinski definition) is 2. The Balaban J connectivity index is 1.26. The summed E-state index contributed by atoms with van der Waals surface area (Å²) in [5.74, 6) is 0.285. The highest BCUT2D eigenvalue weighted by Crippen LogP contribution is 2.38. The number of aromatic nitrogens is 2. The number of fused-ring (bicyclic) bond motifs is 3. The maximum absolute atomic E-state index is 12.1. The van der Waals surface area contributed by atoms with Crippen LogP contribution in [0.3, 0.4) is 0 Å². The molecule has 0 aliphatic heterocycles. The van der Waals surface area contributed by atoms with Gasteiger partial charge in [0.2, 0.25) is 5.91 Å². The number of rotatable bonds is 8. The van der Waals surface area contributed by atoms with E-state index in [1.54, 1.807) is 35.1 Å². The Labute approximate surface area is 181 Å². The highest BCUT2D eigenvalue weighted by atomic mass is 32.1. The number of ether oxygens (including phenoxy) is 1. The molecule has 0 spiro atoms. The van der Waals surface area contributed by atoms with Gasteiger partial charge < -0.3 is 15.4 Å². The number of thiophene rings is 1. The van der Waals surface area contributed by atoms with Crippen LogP contribution in [0.1, 0.15) is 17.0 Å². The lowest BCUT2D eigenvalue weighted by molar-refractivity contribution is -0.123. The zero-order chi connectivity index (χ0) is 20.9. The summed E-state index contributed by atoms with van der Waals surface area (Å²) in [5.41, 5.74) is 1.96. The van der Waals surface area contributed by atoms with Crippen molar-refractivity contribution in [2.75, 3.05) is 13.2 Å². The molecule has 7 nitrogen and oxygen atoms in total. The SMILES string of the molecule is Cc1nc2c(cc(OCC(=O)NCCC(=O)NCc3ccncc3)c3ccsc32)s1. The number of amides is 2. The molecule has 0 aliphatic carbocycles. The van der Waals surface area contributed by atoms with Gasteiger partial charge in [0.15, 0.2) is 6.61 Å². The Morgan fingerprint density at radius 3 is 2.80 bits per heavy atom.